The average Bonchev–Trinajstić information content (AvgIpc) is 3.30. The van der Waals surface area contributed by atoms with E-state index in [1.54, 1.807) is 6.07 Å². The van der Waals surface area contributed by atoms with Crippen LogP contribution in [0.2, 0.25) is 0 Å². The third-order valence-electron chi connectivity index (χ3n) is 3.61. The molecule has 1 aromatic heterocycles. The highest BCUT2D eigenvalue weighted by atomic mass is 16.4. The molecule has 0 amide bonds. The van der Waals surface area contributed by atoms with Crippen LogP contribution in [0.4, 0.5) is 5.69 Å². The summed E-state index contributed by atoms with van der Waals surface area (Å²) >= 11 is 0. The van der Waals surface area contributed by atoms with E-state index in [-0.39, 0.29) is 5.69 Å². The maximum atomic E-state index is 11.2. The molecule has 21 heavy (non-hydrogen) atoms. The lowest BCUT2D eigenvalue weighted by atomic mass is 10.1. The Bertz CT molecular complexity index is 653. The normalized spacial score (nSPS) is 14.3. The van der Waals surface area contributed by atoms with Gasteiger partial charge in [-0.05, 0) is 37.9 Å². The summed E-state index contributed by atoms with van der Waals surface area (Å²) in [5.41, 5.74) is 1.62. The molecule has 1 fully saturated rings. The lowest BCUT2D eigenvalue weighted by molar-refractivity contribution is 0.0691. The number of nitrogens with zero attached hydrogens (tertiary/aromatic N) is 1. The molecule has 110 valence electrons. The minimum atomic E-state index is -1.00. The van der Waals surface area contributed by atoms with Crippen LogP contribution in [-0.4, -0.2) is 35.2 Å². The zero-order valence-corrected chi connectivity index (χ0v) is 11.8. The number of nitrogens with one attached hydrogen (secondary N) is 2. The van der Waals surface area contributed by atoms with Crippen molar-refractivity contribution in [3.05, 3.63) is 36.0 Å². The van der Waals surface area contributed by atoms with Gasteiger partial charge in [-0.25, -0.2) is 9.78 Å². The Morgan fingerprint density at radius 1 is 1.29 bits per heavy atom. The number of carbonyl (C=O) groups is 1. The van der Waals surface area contributed by atoms with E-state index >= 15 is 0 Å². The highest BCUT2D eigenvalue weighted by Crippen LogP contribution is 2.23. The summed E-state index contributed by atoms with van der Waals surface area (Å²) in [5, 5.41) is 16.9. The van der Waals surface area contributed by atoms with Gasteiger partial charge in [-0.15, -0.1) is 0 Å². The van der Waals surface area contributed by atoms with Crippen LogP contribution in [0.15, 0.2) is 30.3 Å². The van der Waals surface area contributed by atoms with Crippen LogP contribution in [-0.2, 0) is 0 Å². The molecule has 1 saturated carbocycles. The van der Waals surface area contributed by atoms with E-state index in [0.717, 1.165) is 36.6 Å². The van der Waals surface area contributed by atoms with Crippen molar-refractivity contribution in [2.24, 2.45) is 0 Å². The van der Waals surface area contributed by atoms with Crippen LogP contribution in [0.1, 0.15) is 29.8 Å². The number of anilines is 1. The van der Waals surface area contributed by atoms with Crippen LogP contribution >= 0.6 is 0 Å². The molecule has 0 aliphatic heterocycles. The summed E-state index contributed by atoms with van der Waals surface area (Å²) in [4.78, 5) is 15.3. The SMILES string of the molecule is O=C(O)c1cc(NCCCNC2CC2)c2ccccc2n1. The molecule has 5 heteroatoms. The van der Waals surface area contributed by atoms with E-state index in [1.165, 1.54) is 12.8 Å². The largest absolute Gasteiger partial charge is 0.477 e. The summed E-state index contributed by atoms with van der Waals surface area (Å²) < 4.78 is 0. The molecule has 0 radical (unpaired) electrons. The van der Waals surface area contributed by atoms with Gasteiger partial charge in [0.25, 0.3) is 0 Å². The predicted octanol–water partition coefficient (Wildman–Crippen LogP) is 2.49. The number of pyridine rings is 1. The number of carboxylic acids is 1. The molecule has 2 aromatic rings. The van der Waals surface area contributed by atoms with E-state index < -0.39 is 5.97 Å². The van der Waals surface area contributed by atoms with Gasteiger partial charge in [0, 0.05) is 23.7 Å². The number of aromatic carboxylic acids is 1. The van der Waals surface area contributed by atoms with Gasteiger partial charge >= 0.3 is 5.97 Å². The Morgan fingerprint density at radius 2 is 2.10 bits per heavy atom. The van der Waals surface area contributed by atoms with Gasteiger partial charge in [-0.2, -0.15) is 0 Å². The van der Waals surface area contributed by atoms with Crippen molar-refractivity contribution in [1.82, 2.24) is 10.3 Å². The molecule has 0 atom stereocenters. The van der Waals surface area contributed by atoms with Crippen LogP contribution in [0, 0.1) is 0 Å². The highest BCUT2D eigenvalue weighted by molar-refractivity contribution is 5.97. The van der Waals surface area contributed by atoms with Gasteiger partial charge < -0.3 is 15.7 Å². The standard InChI is InChI=1S/C16H19N3O2/c20-16(21)15-10-14(12-4-1-2-5-13(12)19-15)18-9-3-8-17-11-6-7-11/h1-2,4-5,10-11,17H,3,6-9H2,(H,18,19)(H,20,21). The first-order valence-corrected chi connectivity index (χ1v) is 7.34. The number of fused-ring (bicyclic) bond motifs is 1. The summed E-state index contributed by atoms with van der Waals surface area (Å²) in [6.45, 7) is 1.80. The minimum absolute atomic E-state index is 0.0762. The number of rotatable bonds is 7. The smallest absolute Gasteiger partial charge is 0.354 e. The van der Waals surface area contributed by atoms with Crippen molar-refractivity contribution in [2.75, 3.05) is 18.4 Å². The number of aromatic nitrogens is 1. The Hall–Kier alpha value is -2.14. The van der Waals surface area contributed by atoms with Gasteiger partial charge in [0.1, 0.15) is 0 Å². The van der Waals surface area contributed by atoms with Crippen molar-refractivity contribution >= 4 is 22.6 Å². The number of hydrogen-bond acceptors (Lipinski definition) is 4. The zero-order chi connectivity index (χ0) is 14.7. The fraction of sp³-hybridized carbons (Fsp3) is 0.375. The maximum Gasteiger partial charge on any atom is 0.354 e. The van der Waals surface area contributed by atoms with Crippen molar-refractivity contribution in [1.29, 1.82) is 0 Å². The molecule has 3 N–H and O–H groups in total. The fourth-order valence-corrected chi connectivity index (χ4v) is 2.34. The van der Waals surface area contributed by atoms with Gasteiger partial charge in [-0.1, -0.05) is 18.2 Å². The average molecular weight is 285 g/mol. The quantitative estimate of drug-likeness (QED) is 0.682. The second-order valence-corrected chi connectivity index (χ2v) is 5.39. The van der Waals surface area contributed by atoms with E-state index in [1.807, 2.05) is 24.3 Å². The number of carboxylic acid groups (broad SMARTS) is 1. The monoisotopic (exact) mass is 285 g/mol. The Morgan fingerprint density at radius 3 is 2.86 bits per heavy atom. The molecule has 0 bridgehead atoms. The van der Waals surface area contributed by atoms with Crippen molar-refractivity contribution in [2.45, 2.75) is 25.3 Å². The topological polar surface area (TPSA) is 74.2 Å². The maximum absolute atomic E-state index is 11.2. The van der Waals surface area contributed by atoms with E-state index in [2.05, 4.69) is 15.6 Å². The van der Waals surface area contributed by atoms with Crippen molar-refractivity contribution < 1.29 is 9.90 Å². The Kier molecular flexibility index (Phi) is 4.01. The lowest BCUT2D eigenvalue weighted by Crippen LogP contribution is -2.20. The molecule has 3 rings (SSSR count). The zero-order valence-electron chi connectivity index (χ0n) is 11.8. The summed E-state index contributed by atoms with van der Waals surface area (Å²) in [6, 6.07) is 9.93. The van der Waals surface area contributed by atoms with Crippen LogP contribution in [0.25, 0.3) is 10.9 Å². The molecule has 0 unspecified atom stereocenters. The van der Waals surface area contributed by atoms with Crippen LogP contribution in [0.3, 0.4) is 0 Å². The minimum Gasteiger partial charge on any atom is -0.477 e. The number of para-hydroxylation sites is 1. The third-order valence-corrected chi connectivity index (χ3v) is 3.61. The molecule has 1 aliphatic carbocycles. The Balaban J connectivity index is 1.70. The number of hydrogen-bond donors (Lipinski definition) is 3. The summed E-state index contributed by atoms with van der Waals surface area (Å²) in [5.74, 6) is -1.00. The first-order chi connectivity index (χ1) is 10.2. The molecule has 1 aromatic carbocycles. The second kappa shape index (κ2) is 6.10. The van der Waals surface area contributed by atoms with Gasteiger partial charge in [0.2, 0.25) is 0 Å². The molecule has 0 saturated heterocycles. The van der Waals surface area contributed by atoms with Crippen molar-refractivity contribution in [3.8, 4) is 0 Å². The van der Waals surface area contributed by atoms with Crippen LogP contribution in [0.5, 0.6) is 0 Å². The van der Waals surface area contributed by atoms with Crippen molar-refractivity contribution in [3.63, 3.8) is 0 Å². The van der Waals surface area contributed by atoms with Gasteiger partial charge in [0.15, 0.2) is 5.69 Å². The van der Waals surface area contributed by atoms with Gasteiger partial charge in [0.05, 0.1) is 5.52 Å². The van der Waals surface area contributed by atoms with E-state index in [0.29, 0.717) is 5.52 Å². The molecule has 1 heterocycles. The van der Waals surface area contributed by atoms with E-state index in [4.69, 9.17) is 5.11 Å². The van der Waals surface area contributed by atoms with E-state index in [9.17, 15) is 4.79 Å². The summed E-state index contributed by atoms with van der Waals surface area (Å²) in [6.07, 6.45) is 3.60. The first-order valence-electron chi connectivity index (χ1n) is 7.34. The van der Waals surface area contributed by atoms with Crippen LogP contribution < -0.4 is 10.6 Å². The molecular formula is C16H19N3O2. The second-order valence-electron chi connectivity index (χ2n) is 5.39. The molecule has 5 nitrogen and oxygen atoms in total. The molecule has 1 aliphatic rings. The fourth-order valence-electron chi connectivity index (χ4n) is 2.34. The van der Waals surface area contributed by atoms with Gasteiger partial charge in [-0.3, -0.25) is 0 Å². The highest BCUT2D eigenvalue weighted by Gasteiger charge is 2.19. The number of benzene rings is 1. The predicted molar refractivity (Wildman–Crippen MR) is 82.8 cm³/mol. The lowest BCUT2D eigenvalue weighted by Gasteiger charge is -2.11. The Labute approximate surface area is 123 Å². The third kappa shape index (κ3) is 3.49. The molecule has 0 spiro atoms. The summed E-state index contributed by atoms with van der Waals surface area (Å²) in [7, 11) is 0. The first kappa shape index (κ1) is 13.8. The molecular weight excluding hydrogens is 266 g/mol.